The van der Waals surface area contributed by atoms with Crippen LogP contribution in [-0.4, -0.2) is 12.0 Å². The van der Waals surface area contributed by atoms with E-state index >= 15 is 0 Å². The van der Waals surface area contributed by atoms with Crippen LogP contribution in [0.15, 0.2) is 36.5 Å². The van der Waals surface area contributed by atoms with Gasteiger partial charge in [0.25, 0.3) is 0 Å². The van der Waals surface area contributed by atoms with Crippen LogP contribution >= 0.6 is 11.6 Å². The minimum atomic E-state index is -0.586. The molecule has 5 heteroatoms. The van der Waals surface area contributed by atoms with E-state index in [2.05, 4.69) is 10.3 Å². The number of hydrogen-bond donors (Lipinski definition) is 1. The van der Waals surface area contributed by atoms with Gasteiger partial charge in [-0.15, -0.1) is 0 Å². The van der Waals surface area contributed by atoms with Crippen molar-refractivity contribution < 1.29 is 8.78 Å². The van der Waals surface area contributed by atoms with Crippen molar-refractivity contribution in [1.82, 2.24) is 10.3 Å². The Morgan fingerprint density at radius 1 is 1.26 bits per heavy atom. The average Bonchev–Trinajstić information content (AvgIpc) is 2.36. The summed E-state index contributed by atoms with van der Waals surface area (Å²) < 4.78 is 26.3. The van der Waals surface area contributed by atoms with Gasteiger partial charge in [-0.3, -0.25) is 4.98 Å². The summed E-state index contributed by atoms with van der Waals surface area (Å²) in [4.78, 5) is 4.21. The van der Waals surface area contributed by atoms with E-state index in [9.17, 15) is 8.78 Å². The SMILES string of the molecule is CNC(Cc1cc(F)cc(F)c1)c1ncccc1Cl. The van der Waals surface area contributed by atoms with E-state index in [4.69, 9.17) is 11.6 Å². The van der Waals surface area contributed by atoms with Crippen LogP contribution in [0.5, 0.6) is 0 Å². The fourth-order valence-corrected chi connectivity index (χ4v) is 2.21. The monoisotopic (exact) mass is 282 g/mol. The summed E-state index contributed by atoms with van der Waals surface area (Å²) in [7, 11) is 1.76. The molecule has 0 saturated carbocycles. The zero-order valence-electron chi connectivity index (χ0n) is 10.3. The third kappa shape index (κ3) is 3.49. The molecule has 1 N–H and O–H groups in total. The molecule has 1 atom stereocenters. The number of pyridine rings is 1. The van der Waals surface area contributed by atoms with Gasteiger partial charge in [0.05, 0.1) is 16.8 Å². The van der Waals surface area contributed by atoms with Crippen LogP contribution in [0.25, 0.3) is 0 Å². The Balaban J connectivity index is 2.26. The lowest BCUT2D eigenvalue weighted by Crippen LogP contribution is -2.20. The normalized spacial score (nSPS) is 12.4. The van der Waals surface area contributed by atoms with Gasteiger partial charge in [-0.1, -0.05) is 11.6 Å². The first-order valence-electron chi connectivity index (χ1n) is 5.83. The molecule has 19 heavy (non-hydrogen) atoms. The average molecular weight is 283 g/mol. The Hall–Kier alpha value is -1.52. The molecule has 0 aliphatic heterocycles. The quantitative estimate of drug-likeness (QED) is 0.928. The van der Waals surface area contributed by atoms with Gasteiger partial charge >= 0.3 is 0 Å². The van der Waals surface area contributed by atoms with Crippen molar-refractivity contribution in [1.29, 1.82) is 0 Å². The summed E-state index contributed by atoms with van der Waals surface area (Å²) in [6, 6.07) is 6.75. The largest absolute Gasteiger partial charge is 0.311 e. The van der Waals surface area contributed by atoms with Gasteiger partial charge in [-0.25, -0.2) is 8.78 Å². The smallest absolute Gasteiger partial charge is 0.126 e. The molecule has 0 radical (unpaired) electrons. The number of benzene rings is 1. The van der Waals surface area contributed by atoms with Crippen molar-refractivity contribution in [3.8, 4) is 0 Å². The van der Waals surface area contributed by atoms with Crippen molar-refractivity contribution in [2.24, 2.45) is 0 Å². The highest BCUT2D eigenvalue weighted by Gasteiger charge is 2.15. The highest BCUT2D eigenvalue weighted by Crippen LogP contribution is 2.23. The number of hydrogen-bond acceptors (Lipinski definition) is 2. The fraction of sp³-hybridized carbons (Fsp3) is 0.214. The van der Waals surface area contributed by atoms with E-state index in [0.717, 1.165) is 6.07 Å². The molecule has 2 rings (SSSR count). The number of aromatic nitrogens is 1. The van der Waals surface area contributed by atoms with Gasteiger partial charge in [0.1, 0.15) is 11.6 Å². The lowest BCUT2D eigenvalue weighted by molar-refractivity contribution is 0.555. The zero-order valence-corrected chi connectivity index (χ0v) is 11.1. The molecule has 0 spiro atoms. The number of halogens is 3. The van der Waals surface area contributed by atoms with Crippen LogP contribution in [0.1, 0.15) is 17.3 Å². The van der Waals surface area contributed by atoms with E-state index in [1.165, 1.54) is 12.1 Å². The second-order valence-electron chi connectivity index (χ2n) is 4.19. The number of likely N-dealkylation sites (N-methyl/N-ethyl adjacent to an activating group) is 1. The standard InChI is InChI=1S/C14H13ClF2N2/c1-18-13(14-12(15)3-2-4-19-14)7-9-5-10(16)8-11(17)6-9/h2-6,8,13,18H,7H2,1H3. The van der Waals surface area contributed by atoms with Gasteiger partial charge in [0.2, 0.25) is 0 Å². The summed E-state index contributed by atoms with van der Waals surface area (Å²) in [5.74, 6) is -1.17. The molecule has 0 saturated heterocycles. The first-order chi connectivity index (χ1) is 9.10. The van der Waals surface area contributed by atoms with Gasteiger partial charge < -0.3 is 5.32 Å². The first kappa shape index (κ1) is 13.9. The van der Waals surface area contributed by atoms with Gasteiger partial charge in [-0.05, 0) is 43.3 Å². The van der Waals surface area contributed by atoms with E-state index < -0.39 is 11.6 Å². The molecule has 1 unspecified atom stereocenters. The van der Waals surface area contributed by atoms with Gasteiger partial charge in [0, 0.05) is 12.3 Å². The second-order valence-corrected chi connectivity index (χ2v) is 4.60. The van der Waals surface area contributed by atoms with Crippen LogP contribution in [0, 0.1) is 11.6 Å². The Labute approximate surface area is 115 Å². The van der Waals surface area contributed by atoms with Crippen molar-refractivity contribution in [3.63, 3.8) is 0 Å². The van der Waals surface area contributed by atoms with Gasteiger partial charge in [0.15, 0.2) is 0 Å². The molecule has 0 fully saturated rings. The number of rotatable bonds is 4. The summed E-state index contributed by atoms with van der Waals surface area (Å²) >= 11 is 6.08. The van der Waals surface area contributed by atoms with Crippen molar-refractivity contribution in [3.05, 3.63) is 64.4 Å². The fourth-order valence-electron chi connectivity index (χ4n) is 1.95. The highest BCUT2D eigenvalue weighted by molar-refractivity contribution is 6.31. The van der Waals surface area contributed by atoms with Crippen molar-refractivity contribution >= 4 is 11.6 Å². The van der Waals surface area contributed by atoms with E-state index in [1.54, 1.807) is 25.4 Å². The number of nitrogens with zero attached hydrogens (tertiary/aromatic N) is 1. The van der Waals surface area contributed by atoms with Crippen molar-refractivity contribution in [2.45, 2.75) is 12.5 Å². The minimum absolute atomic E-state index is 0.199. The Morgan fingerprint density at radius 3 is 2.53 bits per heavy atom. The zero-order chi connectivity index (χ0) is 13.8. The highest BCUT2D eigenvalue weighted by atomic mass is 35.5. The first-order valence-corrected chi connectivity index (χ1v) is 6.20. The molecule has 0 bridgehead atoms. The maximum Gasteiger partial charge on any atom is 0.126 e. The summed E-state index contributed by atoms with van der Waals surface area (Å²) in [6.45, 7) is 0. The van der Waals surface area contributed by atoms with Crippen LogP contribution in [-0.2, 0) is 6.42 Å². The van der Waals surface area contributed by atoms with Crippen LogP contribution < -0.4 is 5.32 Å². The lowest BCUT2D eigenvalue weighted by atomic mass is 10.0. The molecule has 1 aromatic heterocycles. The second kappa shape index (κ2) is 6.08. The molecule has 0 aliphatic carbocycles. The molecular formula is C14H13ClF2N2. The molecule has 2 aromatic rings. The third-order valence-electron chi connectivity index (χ3n) is 2.83. The van der Waals surface area contributed by atoms with Crippen LogP contribution in [0.3, 0.4) is 0 Å². The molecule has 1 aromatic carbocycles. The molecule has 0 aliphatic rings. The topological polar surface area (TPSA) is 24.9 Å². The Kier molecular flexibility index (Phi) is 4.45. The predicted molar refractivity (Wildman–Crippen MR) is 71.1 cm³/mol. The maximum atomic E-state index is 13.2. The van der Waals surface area contributed by atoms with E-state index in [-0.39, 0.29) is 6.04 Å². The Bertz CT molecular complexity index is 555. The molecule has 0 amide bonds. The summed E-state index contributed by atoms with van der Waals surface area (Å²) in [5.41, 5.74) is 1.22. The third-order valence-corrected chi connectivity index (χ3v) is 3.15. The van der Waals surface area contributed by atoms with Gasteiger partial charge in [-0.2, -0.15) is 0 Å². The molecular weight excluding hydrogens is 270 g/mol. The van der Waals surface area contributed by atoms with E-state index in [1.807, 2.05) is 0 Å². The van der Waals surface area contributed by atoms with Crippen molar-refractivity contribution in [2.75, 3.05) is 7.05 Å². The summed E-state index contributed by atoms with van der Waals surface area (Å²) in [5, 5.41) is 3.58. The minimum Gasteiger partial charge on any atom is -0.311 e. The van der Waals surface area contributed by atoms with Crippen LogP contribution in [0.4, 0.5) is 8.78 Å². The van der Waals surface area contributed by atoms with E-state index in [0.29, 0.717) is 22.7 Å². The molecule has 100 valence electrons. The predicted octanol–water partition coefficient (Wildman–Crippen LogP) is 3.52. The van der Waals surface area contributed by atoms with Crippen LogP contribution in [0.2, 0.25) is 5.02 Å². The molecule has 2 nitrogen and oxygen atoms in total. The Morgan fingerprint density at radius 2 is 1.95 bits per heavy atom. The number of nitrogens with one attached hydrogen (secondary N) is 1. The maximum absolute atomic E-state index is 13.2. The molecule has 1 heterocycles. The lowest BCUT2D eigenvalue weighted by Gasteiger charge is -2.17. The summed E-state index contributed by atoms with van der Waals surface area (Å²) in [6.07, 6.45) is 2.04.